The van der Waals surface area contributed by atoms with Gasteiger partial charge in [-0.2, -0.15) is 12.8 Å². The van der Waals surface area contributed by atoms with Crippen LogP contribution in [-0.2, 0) is 0 Å². The second-order valence-corrected chi connectivity index (χ2v) is 4.81. The molecule has 0 bridgehead atoms. The number of hydrogen-bond acceptors (Lipinski definition) is 0. The van der Waals surface area contributed by atoms with Gasteiger partial charge in [0.05, 0.1) is 0 Å². The van der Waals surface area contributed by atoms with Crippen molar-refractivity contribution in [2.24, 2.45) is 0 Å². The van der Waals surface area contributed by atoms with Crippen molar-refractivity contribution in [3.8, 4) is 0 Å². The maximum absolute atomic E-state index is 5.72. The Morgan fingerprint density at radius 2 is 0.750 bits per heavy atom. The average molecular weight is 245 g/mol. The fourth-order valence-corrected chi connectivity index (χ4v) is 2.05. The second kappa shape index (κ2) is 12.3. The van der Waals surface area contributed by atoms with Crippen molar-refractivity contribution in [3.63, 3.8) is 0 Å². The molecule has 0 aliphatic rings. The van der Waals surface area contributed by atoms with Gasteiger partial charge in [0.15, 0.2) is 0 Å². The standard InChI is InChI=1S/B19.K/c1-12(2)17(13(3)4)11-18(14(5)6)19(15(7)8)16(9)10;/q-1;+1. The average Bonchev–Trinajstić information content (AvgIpc) is 2.20. The minimum Gasteiger partial charge on any atom is -0.441 e. The molecule has 0 saturated carbocycles. The summed E-state index contributed by atoms with van der Waals surface area (Å²) in [6.45, 7) is 0. The molecule has 0 aromatic rings. The van der Waals surface area contributed by atoms with Crippen molar-refractivity contribution in [3.05, 3.63) is 0 Å². The fraction of sp³-hybridized carbons (Fsp3) is 0. The maximum Gasteiger partial charge on any atom is 1.00 e. The molecule has 0 aliphatic heterocycles. The molecule has 0 rings (SSSR count). The van der Waals surface area contributed by atoms with E-state index in [0.29, 0.717) is 0 Å². The van der Waals surface area contributed by atoms with Crippen molar-refractivity contribution < 1.29 is 51.4 Å². The molecular weight excluding hydrogens is 245 g/mol. The number of rotatable bonds is 8. The van der Waals surface area contributed by atoms with E-state index in [2.05, 4.69) is 0 Å². The van der Waals surface area contributed by atoms with Crippen LogP contribution >= 0.6 is 0 Å². The van der Waals surface area contributed by atoms with Crippen LogP contribution in [0.2, 0.25) is 0 Å². The summed E-state index contributed by atoms with van der Waals surface area (Å²) in [6, 6.07) is 0. The second-order valence-electron chi connectivity index (χ2n) is 4.81. The van der Waals surface area contributed by atoms with Gasteiger partial charge in [-0.05, 0) is 116 Å². The van der Waals surface area contributed by atoms with Crippen LogP contribution in [0.5, 0.6) is 0 Å². The van der Waals surface area contributed by atoms with E-state index in [4.69, 9.17) is 77.4 Å². The van der Waals surface area contributed by atoms with Gasteiger partial charge in [-0.15, -0.1) is 0 Å². The summed E-state index contributed by atoms with van der Waals surface area (Å²) in [5.41, 5.74) is 0. The van der Waals surface area contributed by atoms with Gasteiger partial charge in [0, 0.05) is 0 Å². The van der Waals surface area contributed by atoms with Gasteiger partial charge in [-0.25, -0.2) is 0 Å². The Kier molecular flexibility index (Phi) is 15.4. The Morgan fingerprint density at radius 1 is 0.450 bits per heavy atom. The summed E-state index contributed by atoms with van der Waals surface area (Å²) in [5.74, 6) is 0. The summed E-state index contributed by atoms with van der Waals surface area (Å²) in [5, 5.41) is 0. The summed E-state index contributed by atoms with van der Waals surface area (Å²) in [6.07, 6.45) is -5.56. The zero-order valence-corrected chi connectivity index (χ0v) is 15.1. The van der Waals surface area contributed by atoms with Crippen LogP contribution in [0.25, 0.3) is 0 Å². The van der Waals surface area contributed by atoms with Gasteiger partial charge in [0.1, 0.15) is 0 Å². The SMILES string of the molecule is [B]B([B])B([B-]B(B([B])[B])B(B([B])[B])B([B])[B])B([B])[B].[K+]. The van der Waals surface area contributed by atoms with E-state index in [1.165, 1.54) is 0 Å². The van der Waals surface area contributed by atoms with Crippen molar-refractivity contribution in [2.45, 2.75) is 0 Å². The van der Waals surface area contributed by atoms with Gasteiger partial charge in [0.25, 0.3) is 0 Å². The third-order valence-corrected chi connectivity index (χ3v) is 3.11. The van der Waals surface area contributed by atoms with Crippen LogP contribution < -0.4 is 51.4 Å². The molecule has 0 nitrogen and oxygen atoms in total. The quantitative estimate of drug-likeness (QED) is 0.372. The van der Waals surface area contributed by atoms with E-state index in [0.717, 1.165) is 0 Å². The molecule has 20 heavy (non-hydrogen) atoms. The summed E-state index contributed by atoms with van der Waals surface area (Å²) >= 11 is 0. The molecule has 0 heterocycles. The van der Waals surface area contributed by atoms with E-state index in [-0.39, 0.29) is 51.4 Å². The first-order chi connectivity index (χ1) is 8.59. The Labute approximate surface area is 184 Å². The molecule has 0 spiro atoms. The Balaban J connectivity index is 0. The third-order valence-electron chi connectivity index (χ3n) is 3.11. The summed E-state index contributed by atoms with van der Waals surface area (Å²) in [4.78, 5) is 0. The van der Waals surface area contributed by atoms with Crippen molar-refractivity contribution >= 4 is 136 Å². The molecule has 58 valence electrons. The van der Waals surface area contributed by atoms with E-state index in [9.17, 15) is 0 Å². The molecule has 0 atom stereocenters. The molecule has 20 heteroatoms. The minimum absolute atomic E-state index is 0. The minimum atomic E-state index is -0.806. The Bertz CT molecular complexity index is 212. The summed E-state index contributed by atoms with van der Waals surface area (Å²) < 4.78 is 0. The first kappa shape index (κ1) is 25.1. The van der Waals surface area contributed by atoms with E-state index in [1.807, 2.05) is 0 Å². The zero-order chi connectivity index (χ0) is 15.3. The molecule has 0 amide bonds. The van der Waals surface area contributed by atoms with Crippen LogP contribution in [-0.4, -0.2) is 136 Å². The molecular formula is B19K. The van der Waals surface area contributed by atoms with Gasteiger partial charge in [0.2, 0.25) is 0 Å². The van der Waals surface area contributed by atoms with Crippen LogP contribution in [0.15, 0.2) is 0 Å². The molecule has 0 aliphatic carbocycles. The van der Waals surface area contributed by atoms with Gasteiger partial charge in [-0.1, -0.05) is 0 Å². The van der Waals surface area contributed by atoms with E-state index < -0.39 is 51.1 Å². The van der Waals surface area contributed by atoms with Crippen molar-refractivity contribution in [1.82, 2.24) is 0 Å². The van der Waals surface area contributed by atoms with E-state index >= 15 is 0 Å². The smallest absolute Gasteiger partial charge is 0.441 e. The van der Waals surface area contributed by atoms with Crippen LogP contribution in [0.3, 0.4) is 0 Å². The summed E-state index contributed by atoms with van der Waals surface area (Å²) in [7, 11) is 58.2. The van der Waals surface area contributed by atoms with Crippen LogP contribution in [0.1, 0.15) is 0 Å². The molecule has 0 fully saturated rings. The monoisotopic (exact) mass is 248 g/mol. The van der Waals surface area contributed by atoms with Gasteiger partial charge < -0.3 is 7.06 Å². The predicted octanol–water partition coefficient (Wildman–Crippen LogP) is -10.2. The molecule has 22 radical (unpaired) electrons. The van der Waals surface area contributed by atoms with Gasteiger partial charge >= 0.3 is 51.4 Å². The molecule has 0 unspecified atom stereocenters. The molecule has 0 saturated heterocycles. The van der Waals surface area contributed by atoms with Crippen LogP contribution in [0.4, 0.5) is 0 Å². The number of hydrogen-bond donors (Lipinski definition) is 0. The fourth-order valence-electron chi connectivity index (χ4n) is 2.05. The van der Waals surface area contributed by atoms with E-state index in [1.54, 1.807) is 7.06 Å². The molecule has 0 N–H and O–H groups in total. The molecule has 0 aromatic heterocycles. The predicted molar refractivity (Wildman–Crippen MR) is 109 cm³/mol. The zero-order valence-electron chi connectivity index (χ0n) is 12.0. The van der Waals surface area contributed by atoms with Crippen LogP contribution in [0, 0.1) is 0 Å². The first-order valence-corrected chi connectivity index (χ1v) is 6.00. The first-order valence-electron chi connectivity index (χ1n) is 6.00. The Hall–Kier alpha value is 2.87. The topological polar surface area (TPSA) is 0 Å². The van der Waals surface area contributed by atoms with Crippen molar-refractivity contribution in [2.75, 3.05) is 0 Å². The van der Waals surface area contributed by atoms with Crippen molar-refractivity contribution in [1.29, 1.82) is 0 Å². The third kappa shape index (κ3) is 8.65. The molecule has 0 aromatic carbocycles. The van der Waals surface area contributed by atoms with Gasteiger partial charge in [-0.3, -0.25) is 0 Å². The maximum atomic E-state index is 5.72. The largest absolute Gasteiger partial charge is 1.00 e. The Morgan fingerprint density at radius 3 is 0.950 bits per heavy atom. The normalized spacial score (nSPS) is 8.80.